The Morgan fingerprint density at radius 2 is 1.70 bits per heavy atom. The molecule has 0 radical (unpaired) electrons. The molecule has 2 heterocycles. The number of hydrogen-bond acceptors (Lipinski definition) is 4. The molecule has 5 rings (SSSR count). The molecule has 1 aromatic carbocycles. The van der Waals surface area contributed by atoms with Gasteiger partial charge >= 0.3 is 0 Å². The largest absolute Gasteiger partial charge is 0.490 e. The fourth-order valence-electron chi connectivity index (χ4n) is 4.73. The van der Waals surface area contributed by atoms with Gasteiger partial charge < -0.3 is 9.64 Å². The Hall–Kier alpha value is -2.14. The van der Waals surface area contributed by atoms with Crippen LogP contribution < -0.4 is 10.3 Å². The molecule has 0 amide bonds. The minimum Gasteiger partial charge on any atom is -0.490 e. The van der Waals surface area contributed by atoms with Crippen molar-refractivity contribution >= 4 is 0 Å². The first-order valence-corrected chi connectivity index (χ1v) is 10.4. The second kappa shape index (κ2) is 7.12. The Bertz CT molecular complexity index is 862. The van der Waals surface area contributed by atoms with Gasteiger partial charge in [-0.05, 0) is 74.8 Å². The summed E-state index contributed by atoms with van der Waals surface area (Å²) >= 11 is 0. The van der Waals surface area contributed by atoms with Crippen LogP contribution in [-0.2, 0) is 12.8 Å². The van der Waals surface area contributed by atoms with Crippen LogP contribution >= 0.6 is 0 Å². The molecule has 0 atom stereocenters. The topological polar surface area (TPSA) is 58.2 Å². The molecule has 1 saturated carbocycles. The average molecular weight is 365 g/mol. The van der Waals surface area contributed by atoms with Gasteiger partial charge in [0.1, 0.15) is 11.9 Å². The SMILES string of the molecule is O=c1[nH]nc(-c2ccc(OC3CCN(C4CCC4)CC3)cc2)c2c1CCC2. The lowest BCUT2D eigenvalue weighted by Gasteiger charge is -2.41. The first-order chi connectivity index (χ1) is 13.3. The van der Waals surface area contributed by atoms with Crippen molar-refractivity contribution in [1.29, 1.82) is 0 Å². The van der Waals surface area contributed by atoms with Crippen molar-refractivity contribution in [3.63, 3.8) is 0 Å². The van der Waals surface area contributed by atoms with Crippen LogP contribution in [0, 0.1) is 0 Å². The molecule has 5 nitrogen and oxygen atoms in total. The summed E-state index contributed by atoms with van der Waals surface area (Å²) in [6, 6.07) is 9.07. The van der Waals surface area contributed by atoms with E-state index in [4.69, 9.17) is 4.74 Å². The highest BCUT2D eigenvalue weighted by molar-refractivity contribution is 5.65. The first-order valence-electron chi connectivity index (χ1n) is 10.4. The summed E-state index contributed by atoms with van der Waals surface area (Å²) in [5, 5.41) is 6.98. The van der Waals surface area contributed by atoms with E-state index in [1.54, 1.807) is 0 Å². The number of H-pyrrole nitrogens is 1. The highest BCUT2D eigenvalue weighted by atomic mass is 16.5. The molecule has 142 valence electrons. The molecule has 0 spiro atoms. The second-order valence-corrected chi connectivity index (χ2v) is 8.17. The maximum atomic E-state index is 11.9. The number of ether oxygens (including phenoxy) is 1. The number of rotatable bonds is 4. The summed E-state index contributed by atoms with van der Waals surface area (Å²) in [7, 11) is 0. The summed E-state index contributed by atoms with van der Waals surface area (Å²) in [6.45, 7) is 2.34. The summed E-state index contributed by atoms with van der Waals surface area (Å²) < 4.78 is 6.23. The van der Waals surface area contributed by atoms with Crippen LogP contribution in [0.2, 0.25) is 0 Å². The maximum absolute atomic E-state index is 11.9. The van der Waals surface area contributed by atoms with Gasteiger partial charge in [-0.25, -0.2) is 5.10 Å². The van der Waals surface area contributed by atoms with Gasteiger partial charge in [-0.3, -0.25) is 4.79 Å². The molecule has 2 fully saturated rings. The van der Waals surface area contributed by atoms with E-state index in [2.05, 4.69) is 27.2 Å². The van der Waals surface area contributed by atoms with E-state index in [0.29, 0.717) is 6.10 Å². The number of piperidine rings is 1. The molecule has 1 saturated heterocycles. The van der Waals surface area contributed by atoms with Crippen LogP contribution in [0.25, 0.3) is 11.3 Å². The average Bonchev–Trinajstić information content (AvgIpc) is 3.14. The van der Waals surface area contributed by atoms with Gasteiger partial charge in [-0.1, -0.05) is 6.42 Å². The normalized spacial score (nSPS) is 21.0. The van der Waals surface area contributed by atoms with E-state index in [9.17, 15) is 4.79 Å². The van der Waals surface area contributed by atoms with Crippen molar-refractivity contribution in [2.24, 2.45) is 0 Å². The van der Waals surface area contributed by atoms with E-state index in [1.807, 2.05) is 12.1 Å². The zero-order valence-corrected chi connectivity index (χ0v) is 15.7. The third-order valence-electron chi connectivity index (χ3n) is 6.55. The van der Waals surface area contributed by atoms with E-state index >= 15 is 0 Å². The van der Waals surface area contributed by atoms with Gasteiger partial charge in [0, 0.05) is 30.3 Å². The van der Waals surface area contributed by atoms with Crippen molar-refractivity contribution in [3.05, 3.63) is 45.7 Å². The van der Waals surface area contributed by atoms with Gasteiger partial charge in [0.25, 0.3) is 5.56 Å². The quantitative estimate of drug-likeness (QED) is 0.903. The molecule has 27 heavy (non-hydrogen) atoms. The Morgan fingerprint density at radius 3 is 2.41 bits per heavy atom. The molecule has 1 aromatic heterocycles. The van der Waals surface area contributed by atoms with Crippen molar-refractivity contribution in [2.75, 3.05) is 13.1 Å². The molecular formula is C22H27N3O2. The molecule has 1 N–H and O–H groups in total. The monoisotopic (exact) mass is 365 g/mol. The minimum atomic E-state index is -0.0283. The number of hydrogen-bond donors (Lipinski definition) is 1. The lowest BCUT2D eigenvalue weighted by molar-refractivity contribution is 0.0493. The third-order valence-corrected chi connectivity index (χ3v) is 6.55. The summed E-state index contributed by atoms with van der Waals surface area (Å²) in [6.07, 6.45) is 9.58. The van der Waals surface area contributed by atoms with Crippen molar-refractivity contribution in [2.45, 2.75) is 63.5 Å². The number of benzene rings is 1. The number of likely N-dealkylation sites (tertiary alicyclic amines) is 1. The fraction of sp³-hybridized carbons (Fsp3) is 0.545. The number of aromatic amines is 1. The van der Waals surface area contributed by atoms with Gasteiger partial charge in [-0.15, -0.1) is 0 Å². The summed E-state index contributed by atoms with van der Waals surface area (Å²) in [4.78, 5) is 14.6. The Balaban J connectivity index is 1.25. The molecule has 1 aliphatic heterocycles. The van der Waals surface area contributed by atoms with Crippen molar-refractivity contribution < 1.29 is 4.74 Å². The Kier molecular flexibility index (Phi) is 4.48. The second-order valence-electron chi connectivity index (χ2n) is 8.17. The van der Waals surface area contributed by atoms with Crippen LogP contribution in [0.15, 0.2) is 29.1 Å². The van der Waals surface area contributed by atoms with Crippen LogP contribution in [0.5, 0.6) is 5.75 Å². The Labute approximate surface area is 159 Å². The van der Waals surface area contributed by atoms with E-state index in [0.717, 1.165) is 66.3 Å². The van der Waals surface area contributed by atoms with E-state index < -0.39 is 0 Å². The van der Waals surface area contributed by atoms with Crippen LogP contribution in [-0.4, -0.2) is 40.3 Å². The molecular weight excluding hydrogens is 338 g/mol. The fourth-order valence-corrected chi connectivity index (χ4v) is 4.73. The van der Waals surface area contributed by atoms with Crippen molar-refractivity contribution in [1.82, 2.24) is 15.1 Å². The highest BCUT2D eigenvalue weighted by Gasteiger charge is 2.29. The summed E-state index contributed by atoms with van der Waals surface area (Å²) in [5.74, 6) is 0.932. The predicted octanol–water partition coefficient (Wildman–Crippen LogP) is 3.32. The van der Waals surface area contributed by atoms with Crippen molar-refractivity contribution in [3.8, 4) is 17.0 Å². The highest BCUT2D eigenvalue weighted by Crippen LogP contribution is 2.31. The molecule has 0 bridgehead atoms. The number of fused-ring (bicyclic) bond motifs is 1. The minimum absolute atomic E-state index is 0.0283. The predicted molar refractivity (Wildman–Crippen MR) is 105 cm³/mol. The maximum Gasteiger partial charge on any atom is 0.267 e. The molecule has 5 heteroatoms. The number of nitrogens with zero attached hydrogens (tertiary/aromatic N) is 2. The molecule has 2 aromatic rings. The lowest BCUT2D eigenvalue weighted by Crippen LogP contribution is -2.46. The smallest absolute Gasteiger partial charge is 0.267 e. The number of nitrogens with one attached hydrogen (secondary N) is 1. The van der Waals surface area contributed by atoms with Crippen LogP contribution in [0.1, 0.15) is 49.7 Å². The van der Waals surface area contributed by atoms with E-state index in [-0.39, 0.29) is 5.56 Å². The third kappa shape index (κ3) is 3.29. The zero-order valence-electron chi connectivity index (χ0n) is 15.7. The van der Waals surface area contributed by atoms with Crippen LogP contribution in [0.3, 0.4) is 0 Å². The summed E-state index contributed by atoms with van der Waals surface area (Å²) in [5.41, 5.74) is 3.98. The molecule has 0 unspecified atom stereocenters. The van der Waals surface area contributed by atoms with Gasteiger partial charge in [0.05, 0.1) is 5.69 Å². The van der Waals surface area contributed by atoms with Gasteiger partial charge in [0.2, 0.25) is 0 Å². The molecule has 2 aliphatic carbocycles. The van der Waals surface area contributed by atoms with Gasteiger partial charge in [0.15, 0.2) is 0 Å². The van der Waals surface area contributed by atoms with Gasteiger partial charge in [-0.2, -0.15) is 5.10 Å². The van der Waals surface area contributed by atoms with Crippen LogP contribution in [0.4, 0.5) is 0 Å². The van der Waals surface area contributed by atoms with E-state index in [1.165, 1.54) is 32.4 Å². The molecule has 3 aliphatic rings. The number of aromatic nitrogens is 2. The lowest BCUT2D eigenvalue weighted by atomic mass is 9.90. The zero-order chi connectivity index (χ0) is 18.2. The Morgan fingerprint density at radius 1 is 0.963 bits per heavy atom. The first kappa shape index (κ1) is 17.0. The standard InChI is InChI=1S/C22H27N3O2/c26-22-20-6-2-5-19(20)21(23-24-22)15-7-9-17(10-8-15)27-18-11-13-25(14-12-18)16-3-1-4-16/h7-10,16,18H,1-6,11-14H2,(H,24,26).